The maximum absolute atomic E-state index is 5.61. The zero-order valence-electron chi connectivity index (χ0n) is 11.1. The van der Waals surface area contributed by atoms with Crippen LogP contribution in [0, 0.1) is 12.3 Å². The molecule has 0 heterocycles. The molecular formula is C16H22O. The highest BCUT2D eigenvalue weighted by Gasteiger charge is 2.17. The molecule has 0 N–H and O–H groups in total. The van der Waals surface area contributed by atoms with Crippen molar-refractivity contribution in [3.05, 3.63) is 29.8 Å². The Balaban J connectivity index is 2.54. The van der Waals surface area contributed by atoms with E-state index in [0.717, 1.165) is 25.0 Å². The molecule has 0 fully saturated rings. The molecule has 0 bridgehead atoms. The normalized spacial score (nSPS) is 10.9. The molecule has 0 atom stereocenters. The van der Waals surface area contributed by atoms with Gasteiger partial charge in [0.05, 0.1) is 6.61 Å². The van der Waals surface area contributed by atoms with Crippen molar-refractivity contribution in [1.29, 1.82) is 0 Å². The van der Waals surface area contributed by atoms with E-state index in [1.165, 1.54) is 5.56 Å². The Hall–Kier alpha value is -1.42. The lowest BCUT2D eigenvalue weighted by atomic mass is 9.82. The van der Waals surface area contributed by atoms with Gasteiger partial charge in [0.2, 0.25) is 0 Å². The van der Waals surface area contributed by atoms with E-state index in [4.69, 9.17) is 11.2 Å². The minimum Gasteiger partial charge on any atom is -0.494 e. The molecule has 1 aromatic rings. The van der Waals surface area contributed by atoms with Crippen LogP contribution in [0.4, 0.5) is 0 Å². The molecule has 0 aliphatic carbocycles. The summed E-state index contributed by atoms with van der Waals surface area (Å²) in [6, 6.07) is 8.39. The summed E-state index contributed by atoms with van der Waals surface area (Å²) in [4.78, 5) is 0. The van der Waals surface area contributed by atoms with Crippen molar-refractivity contribution >= 4 is 0 Å². The molecule has 0 aliphatic heterocycles. The molecule has 0 spiro atoms. The van der Waals surface area contributed by atoms with E-state index in [9.17, 15) is 0 Å². The fourth-order valence-corrected chi connectivity index (χ4v) is 1.57. The number of benzene rings is 1. The number of unbranched alkanes of at least 4 members (excludes halogenated alkanes) is 1. The van der Waals surface area contributed by atoms with Crippen LogP contribution in [0.2, 0.25) is 0 Å². The van der Waals surface area contributed by atoms with E-state index < -0.39 is 0 Å². The Bertz CT molecular complexity index is 368. The summed E-state index contributed by atoms with van der Waals surface area (Å²) < 4.78 is 5.61. The molecule has 1 rings (SSSR count). The third kappa shape index (κ3) is 4.15. The Labute approximate surface area is 105 Å². The summed E-state index contributed by atoms with van der Waals surface area (Å²) in [5, 5.41) is 0. The Morgan fingerprint density at radius 1 is 1.24 bits per heavy atom. The van der Waals surface area contributed by atoms with Crippen molar-refractivity contribution in [1.82, 2.24) is 0 Å². The van der Waals surface area contributed by atoms with Gasteiger partial charge in [-0.25, -0.2) is 0 Å². The first-order valence-corrected chi connectivity index (χ1v) is 6.27. The number of ether oxygens (including phenoxy) is 1. The third-order valence-electron chi connectivity index (χ3n) is 3.25. The van der Waals surface area contributed by atoms with Crippen LogP contribution >= 0.6 is 0 Å². The van der Waals surface area contributed by atoms with Gasteiger partial charge in [-0.3, -0.25) is 0 Å². The summed E-state index contributed by atoms with van der Waals surface area (Å²) in [6.45, 7) is 7.43. The first-order chi connectivity index (χ1) is 8.10. The topological polar surface area (TPSA) is 9.23 Å². The van der Waals surface area contributed by atoms with E-state index >= 15 is 0 Å². The van der Waals surface area contributed by atoms with Gasteiger partial charge in [0.15, 0.2) is 0 Å². The summed E-state index contributed by atoms with van der Waals surface area (Å²) in [7, 11) is 0. The van der Waals surface area contributed by atoms with Crippen molar-refractivity contribution in [3.8, 4) is 18.1 Å². The largest absolute Gasteiger partial charge is 0.494 e. The minimum absolute atomic E-state index is 0.238. The maximum atomic E-state index is 5.61. The lowest BCUT2D eigenvalue weighted by Crippen LogP contribution is -2.15. The molecule has 0 saturated heterocycles. The van der Waals surface area contributed by atoms with Crippen molar-refractivity contribution in [2.24, 2.45) is 0 Å². The zero-order chi connectivity index (χ0) is 12.7. The van der Waals surface area contributed by atoms with Crippen LogP contribution in [-0.2, 0) is 5.41 Å². The van der Waals surface area contributed by atoms with E-state index in [2.05, 4.69) is 38.8 Å². The molecule has 0 amide bonds. The standard InChI is InChI=1S/C16H22O/c1-5-7-8-13-17-15-11-9-14(10-12-15)16(3,4)6-2/h1,9-12H,6-8,13H2,2-4H3. The quantitative estimate of drug-likeness (QED) is 0.526. The van der Waals surface area contributed by atoms with E-state index in [-0.39, 0.29) is 5.41 Å². The van der Waals surface area contributed by atoms with Crippen molar-refractivity contribution < 1.29 is 4.74 Å². The van der Waals surface area contributed by atoms with Gasteiger partial charge in [0, 0.05) is 6.42 Å². The first-order valence-electron chi connectivity index (χ1n) is 6.27. The molecule has 0 radical (unpaired) electrons. The van der Waals surface area contributed by atoms with E-state index in [1.807, 2.05) is 12.1 Å². The molecule has 92 valence electrons. The van der Waals surface area contributed by atoms with Gasteiger partial charge in [-0.2, -0.15) is 0 Å². The second kappa shape index (κ2) is 6.35. The number of rotatable bonds is 6. The lowest BCUT2D eigenvalue weighted by Gasteiger charge is -2.23. The fraction of sp³-hybridized carbons (Fsp3) is 0.500. The summed E-state index contributed by atoms with van der Waals surface area (Å²) >= 11 is 0. The molecule has 0 aliphatic rings. The molecule has 1 heteroatoms. The van der Waals surface area contributed by atoms with Gasteiger partial charge < -0.3 is 4.74 Å². The molecular weight excluding hydrogens is 208 g/mol. The van der Waals surface area contributed by atoms with Gasteiger partial charge in [0.25, 0.3) is 0 Å². The Morgan fingerprint density at radius 3 is 2.41 bits per heavy atom. The summed E-state index contributed by atoms with van der Waals surface area (Å²) in [5.74, 6) is 3.54. The predicted octanol–water partition coefficient (Wildman–Crippen LogP) is 4.17. The minimum atomic E-state index is 0.238. The summed E-state index contributed by atoms with van der Waals surface area (Å²) in [6.07, 6.45) is 8.01. The molecule has 17 heavy (non-hydrogen) atoms. The fourth-order valence-electron chi connectivity index (χ4n) is 1.57. The van der Waals surface area contributed by atoms with E-state index in [1.54, 1.807) is 0 Å². The van der Waals surface area contributed by atoms with Crippen molar-refractivity contribution in [2.45, 2.75) is 45.4 Å². The van der Waals surface area contributed by atoms with Crippen LogP contribution < -0.4 is 4.74 Å². The third-order valence-corrected chi connectivity index (χ3v) is 3.25. The Morgan fingerprint density at radius 2 is 1.88 bits per heavy atom. The van der Waals surface area contributed by atoms with Gasteiger partial charge in [-0.1, -0.05) is 32.9 Å². The van der Waals surface area contributed by atoms with Crippen LogP contribution in [0.5, 0.6) is 5.75 Å². The van der Waals surface area contributed by atoms with E-state index in [0.29, 0.717) is 6.61 Å². The molecule has 1 aromatic carbocycles. The number of hydrogen-bond donors (Lipinski definition) is 0. The number of terminal acetylenes is 1. The number of hydrogen-bond acceptors (Lipinski definition) is 1. The summed E-state index contributed by atoms with van der Waals surface area (Å²) in [5.41, 5.74) is 1.60. The SMILES string of the molecule is C#CCCCOc1ccc(C(C)(C)CC)cc1. The average molecular weight is 230 g/mol. The van der Waals surface area contributed by atoms with Crippen LogP contribution in [0.15, 0.2) is 24.3 Å². The highest BCUT2D eigenvalue weighted by molar-refractivity contribution is 5.31. The van der Waals surface area contributed by atoms with Gasteiger partial charge in [-0.05, 0) is 36.0 Å². The van der Waals surface area contributed by atoms with Gasteiger partial charge >= 0.3 is 0 Å². The smallest absolute Gasteiger partial charge is 0.119 e. The van der Waals surface area contributed by atoms with Crippen molar-refractivity contribution in [2.75, 3.05) is 6.61 Å². The predicted molar refractivity (Wildman–Crippen MR) is 73.3 cm³/mol. The van der Waals surface area contributed by atoms with Crippen LogP contribution in [-0.4, -0.2) is 6.61 Å². The Kier molecular flexibility index (Phi) is 5.10. The molecule has 0 unspecified atom stereocenters. The average Bonchev–Trinajstić information content (AvgIpc) is 2.35. The van der Waals surface area contributed by atoms with Crippen LogP contribution in [0.1, 0.15) is 45.6 Å². The van der Waals surface area contributed by atoms with Crippen LogP contribution in [0.25, 0.3) is 0 Å². The van der Waals surface area contributed by atoms with Crippen LogP contribution in [0.3, 0.4) is 0 Å². The first kappa shape index (κ1) is 13.6. The molecule has 0 saturated carbocycles. The highest BCUT2D eigenvalue weighted by atomic mass is 16.5. The van der Waals surface area contributed by atoms with Gasteiger partial charge in [0.1, 0.15) is 5.75 Å². The van der Waals surface area contributed by atoms with Crippen molar-refractivity contribution in [3.63, 3.8) is 0 Å². The highest BCUT2D eigenvalue weighted by Crippen LogP contribution is 2.27. The monoisotopic (exact) mass is 230 g/mol. The maximum Gasteiger partial charge on any atom is 0.119 e. The second-order valence-corrected chi connectivity index (χ2v) is 4.92. The van der Waals surface area contributed by atoms with Gasteiger partial charge in [-0.15, -0.1) is 12.3 Å². The lowest BCUT2D eigenvalue weighted by molar-refractivity contribution is 0.312. The second-order valence-electron chi connectivity index (χ2n) is 4.92. The molecule has 0 aromatic heterocycles. The molecule has 1 nitrogen and oxygen atoms in total. The zero-order valence-corrected chi connectivity index (χ0v) is 11.1.